The van der Waals surface area contributed by atoms with Crippen molar-refractivity contribution in [3.63, 3.8) is 0 Å². The van der Waals surface area contributed by atoms with Crippen molar-refractivity contribution in [2.24, 2.45) is 0 Å². The van der Waals surface area contributed by atoms with E-state index in [1.165, 1.54) is 6.92 Å². The van der Waals surface area contributed by atoms with Gasteiger partial charge in [-0.1, -0.05) is 4.68 Å². The third-order valence-electron chi connectivity index (χ3n) is 1.42. The van der Waals surface area contributed by atoms with Gasteiger partial charge in [-0.05, 0) is 13.0 Å². The molecule has 1 aromatic rings. The molecule has 0 aliphatic heterocycles. The summed E-state index contributed by atoms with van der Waals surface area (Å²) < 4.78 is 0.638. The summed E-state index contributed by atoms with van der Waals surface area (Å²) in [6.45, 7) is 1.35. The first-order valence-electron chi connectivity index (χ1n) is 3.17. The fourth-order valence-corrected chi connectivity index (χ4v) is 0.837. The lowest BCUT2D eigenvalue weighted by molar-refractivity contribution is -0.711. The normalized spacial score (nSPS) is 9.62. The van der Waals surface area contributed by atoms with E-state index in [4.69, 9.17) is 0 Å². The van der Waals surface area contributed by atoms with Gasteiger partial charge in [0.05, 0.1) is 6.20 Å². The second kappa shape index (κ2) is 3.09. The Labute approximate surface area is 71.6 Å². The molecule has 0 atom stereocenters. The summed E-state index contributed by atoms with van der Waals surface area (Å²) in [6, 6.07) is 1.15. The molecule has 0 N–H and O–H groups in total. The SMILES string of the molecule is Cc1c(O[N+](=O)[O-])ccn1[N+](=O)[O-]. The van der Waals surface area contributed by atoms with Crippen LogP contribution in [0.15, 0.2) is 12.3 Å². The van der Waals surface area contributed by atoms with Crippen LogP contribution in [-0.2, 0) is 0 Å². The molecule has 0 saturated heterocycles. The summed E-state index contributed by atoms with van der Waals surface area (Å²) >= 11 is 0. The van der Waals surface area contributed by atoms with Crippen molar-refractivity contribution < 1.29 is 15.0 Å². The fourth-order valence-electron chi connectivity index (χ4n) is 0.837. The van der Waals surface area contributed by atoms with Crippen LogP contribution >= 0.6 is 0 Å². The Kier molecular flexibility index (Phi) is 2.13. The highest BCUT2D eigenvalue weighted by Gasteiger charge is 2.14. The molecule has 0 fully saturated rings. The Morgan fingerprint density at radius 2 is 2.08 bits per heavy atom. The zero-order valence-corrected chi connectivity index (χ0v) is 6.54. The molecule has 8 nitrogen and oxygen atoms in total. The van der Waals surface area contributed by atoms with E-state index in [2.05, 4.69) is 4.84 Å². The number of hydrogen-bond donors (Lipinski definition) is 0. The smallest absolute Gasteiger partial charge is 0.274 e. The Balaban J connectivity index is 2.99. The van der Waals surface area contributed by atoms with E-state index in [0.29, 0.717) is 4.68 Å². The lowest BCUT2D eigenvalue weighted by atomic mass is 10.4. The van der Waals surface area contributed by atoms with Crippen LogP contribution in [0.2, 0.25) is 0 Å². The van der Waals surface area contributed by atoms with Crippen LogP contribution in [0, 0.1) is 27.2 Å². The number of nitro groups is 1. The van der Waals surface area contributed by atoms with Crippen molar-refractivity contribution in [1.29, 1.82) is 0 Å². The molecule has 70 valence electrons. The summed E-state index contributed by atoms with van der Waals surface area (Å²) in [4.78, 5) is 24.2. The maximum Gasteiger partial charge on any atom is 0.299 e. The summed E-state index contributed by atoms with van der Waals surface area (Å²) in [7, 11) is 0. The zero-order chi connectivity index (χ0) is 10.0. The van der Waals surface area contributed by atoms with Gasteiger partial charge in [-0.3, -0.25) is 4.84 Å². The second-order valence-electron chi connectivity index (χ2n) is 2.16. The van der Waals surface area contributed by atoms with Crippen LogP contribution in [0.4, 0.5) is 0 Å². The third-order valence-corrected chi connectivity index (χ3v) is 1.42. The van der Waals surface area contributed by atoms with Gasteiger partial charge in [-0.15, -0.1) is 10.1 Å². The van der Waals surface area contributed by atoms with Crippen molar-refractivity contribution in [2.45, 2.75) is 6.92 Å². The van der Waals surface area contributed by atoms with E-state index in [0.717, 1.165) is 12.3 Å². The maximum absolute atomic E-state index is 10.3. The Morgan fingerprint density at radius 1 is 1.46 bits per heavy atom. The average molecular weight is 187 g/mol. The minimum Gasteiger partial charge on any atom is -0.274 e. The molecule has 1 aromatic heterocycles. The molecule has 0 radical (unpaired) electrons. The van der Waals surface area contributed by atoms with E-state index in [1.807, 2.05) is 0 Å². The molecule has 13 heavy (non-hydrogen) atoms. The first-order valence-corrected chi connectivity index (χ1v) is 3.17. The van der Waals surface area contributed by atoms with Crippen molar-refractivity contribution >= 4 is 0 Å². The summed E-state index contributed by atoms with van der Waals surface area (Å²) in [5.41, 5.74) is 0.0710. The second-order valence-corrected chi connectivity index (χ2v) is 2.16. The molecule has 0 bridgehead atoms. The molecule has 1 rings (SSSR count). The summed E-state index contributed by atoms with van der Waals surface area (Å²) in [5.74, 6) is -0.137. The first-order chi connectivity index (χ1) is 6.02. The largest absolute Gasteiger partial charge is 0.299 e. The predicted octanol–water partition coefficient (Wildman–Crippen LogP) is 0.407. The number of nitrogens with zero attached hydrogens (tertiary/aromatic N) is 3. The van der Waals surface area contributed by atoms with Crippen LogP contribution in [0.3, 0.4) is 0 Å². The van der Waals surface area contributed by atoms with E-state index in [-0.39, 0.29) is 11.4 Å². The Hall–Kier alpha value is -2.12. The first kappa shape index (κ1) is 8.97. The predicted molar refractivity (Wildman–Crippen MR) is 39.2 cm³/mol. The zero-order valence-electron chi connectivity index (χ0n) is 6.54. The topological polar surface area (TPSA) is 100 Å². The quantitative estimate of drug-likeness (QED) is 0.503. The molecule has 0 amide bonds. The van der Waals surface area contributed by atoms with Gasteiger partial charge in [0, 0.05) is 0 Å². The van der Waals surface area contributed by atoms with Crippen LogP contribution in [0.1, 0.15) is 5.69 Å². The Bertz CT molecular complexity index is 357. The number of aromatic nitrogens is 1. The molecular formula is C5H5N3O5. The average Bonchev–Trinajstić information content (AvgIpc) is 2.32. The minimum atomic E-state index is -1.02. The van der Waals surface area contributed by atoms with Gasteiger partial charge in [-0.25, -0.2) is 10.1 Å². The van der Waals surface area contributed by atoms with E-state index in [1.54, 1.807) is 0 Å². The lowest BCUT2D eigenvalue weighted by Crippen LogP contribution is -2.10. The lowest BCUT2D eigenvalue weighted by Gasteiger charge is -1.96. The van der Waals surface area contributed by atoms with Gasteiger partial charge in [0.1, 0.15) is 5.69 Å². The molecule has 1 heterocycles. The van der Waals surface area contributed by atoms with E-state index in [9.17, 15) is 20.2 Å². The molecule has 0 unspecified atom stereocenters. The fraction of sp³-hybridized carbons (Fsp3) is 0.200. The van der Waals surface area contributed by atoms with Gasteiger partial charge in [0.15, 0.2) is 10.8 Å². The molecule has 0 saturated carbocycles. The molecular weight excluding hydrogens is 182 g/mol. The maximum atomic E-state index is 10.3. The summed E-state index contributed by atoms with van der Waals surface area (Å²) in [6.07, 6.45) is 1.08. The number of rotatable bonds is 3. The molecule has 0 aromatic carbocycles. The molecule has 8 heteroatoms. The van der Waals surface area contributed by atoms with Crippen molar-refractivity contribution in [3.8, 4) is 5.75 Å². The highest BCUT2D eigenvalue weighted by Crippen LogP contribution is 2.18. The van der Waals surface area contributed by atoms with Crippen LogP contribution in [0.25, 0.3) is 0 Å². The van der Waals surface area contributed by atoms with E-state index >= 15 is 0 Å². The van der Waals surface area contributed by atoms with Gasteiger partial charge in [0.2, 0.25) is 0 Å². The van der Waals surface area contributed by atoms with Crippen LogP contribution in [0.5, 0.6) is 5.75 Å². The highest BCUT2D eigenvalue weighted by molar-refractivity contribution is 5.26. The molecule has 0 spiro atoms. The van der Waals surface area contributed by atoms with Gasteiger partial charge < -0.3 is 0 Å². The highest BCUT2D eigenvalue weighted by atomic mass is 17.0. The van der Waals surface area contributed by atoms with Crippen LogP contribution < -0.4 is 4.84 Å². The standard InChI is InChI=1S/C5H5N3O5/c1-4-5(13-8(11)12)2-3-6(4)7(9)10/h2-3H,1H3. The van der Waals surface area contributed by atoms with Gasteiger partial charge in [-0.2, -0.15) is 0 Å². The van der Waals surface area contributed by atoms with Gasteiger partial charge in [0.25, 0.3) is 5.09 Å². The third kappa shape index (κ3) is 1.72. The molecule has 0 aliphatic rings. The molecule has 0 aliphatic carbocycles. The minimum absolute atomic E-state index is 0.0710. The summed E-state index contributed by atoms with van der Waals surface area (Å²) in [5, 5.41) is 18.4. The van der Waals surface area contributed by atoms with Crippen molar-refractivity contribution in [1.82, 2.24) is 4.68 Å². The van der Waals surface area contributed by atoms with Gasteiger partial charge >= 0.3 is 0 Å². The Morgan fingerprint density at radius 3 is 2.46 bits per heavy atom. The van der Waals surface area contributed by atoms with Crippen LogP contribution in [-0.4, -0.2) is 14.8 Å². The van der Waals surface area contributed by atoms with Crippen molar-refractivity contribution in [2.75, 3.05) is 0 Å². The number of hydrogen-bond acceptors (Lipinski definition) is 5. The monoisotopic (exact) mass is 187 g/mol. The van der Waals surface area contributed by atoms with E-state index < -0.39 is 10.1 Å². The van der Waals surface area contributed by atoms with Crippen molar-refractivity contribution in [3.05, 3.63) is 38.2 Å².